The average Bonchev–Trinajstić information content (AvgIpc) is 2.94. The number of hydrogen-bond donors (Lipinski definition) is 2. The lowest BCUT2D eigenvalue weighted by Gasteiger charge is -2.36. The molecule has 1 aromatic rings. The average molecular weight is 207 g/mol. The van der Waals surface area contributed by atoms with Crippen LogP contribution in [0.1, 0.15) is 24.6 Å². The zero-order valence-electron chi connectivity index (χ0n) is 8.31. The van der Waals surface area contributed by atoms with Crippen molar-refractivity contribution in [3.8, 4) is 0 Å². The van der Waals surface area contributed by atoms with Crippen LogP contribution in [-0.4, -0.2) is 34.3 Å². The molecule has 0 spiro atoms. The van der Waals surface area contributed by atoms with Crippen LogP contribution in [0.5, 0.6) is 0 Å². The summed E-state index contributed by atoms with van der Waals surface area (Å²) < 4.78 is 0. The molecule has 2 N–H and O–H groups in total. The van der Waals surface area contributed by atoms with Crippen LogP contribution in [0.2, 0.25) is 0 Å². The summed E-state index contributed by atoms with van der Waals surface area (Å²) in [7, 11) is 0. The fraction of sp³-hybridized carbons (Fsp3) is 0.600. The number of aliphatic hydroxyl groups is 1. The minimum atomic E-state index is -0.268. The van der Waals surface area contributed by atoms with Gasteiger partial charge in [0.25, 0.3) is 5.56 Å². The van der Waals surface area contributed by atoms with Gasteiger partial charge < -0.3 is 15.0 Å². The van der Waals surface area contributed by atoms with E-state index in [0.717, 1.165) is 18.7 Å². The van der Waals surface area contributed by atoms with E-state index in [0.29, 0.717) is 24.8 Å². The number of aliphatic hydroxyl groups excluding tert-OH is 1. The maximum atomic E-state index is 11.4. The van der Waals surface area contributed by atoms with Crippen molar-refractivity contribution in [3.63, 3.8) is 0 Å². The minimum absolute atomic E-state index is 0.0942. The van der Waals surface area contributed by atoms with E-state index >= 15 is 0 Å². The lowest BCUT2D eigenvalue weighted by molar-refractivity contribution is 0.141. The lowest BCUT2D eigenvalue weighted by atomic mass is 10.2. The van der Waals surface area contributed by atoms with Crippen LogP contribution in [0, 0.1) is 0 Å². The third-order valence-electron chi connectivity index (χ3n) is 2.90. The third kappa shape index (κ3) is 1.63. The van der Waals surface area contributed by atoms with Gasteiger partial charge in [-0.2, -0.15) is 0 Å². The number of hydrogen-bond acceptors (Lipinski definition) is 4. The quantitative estimate of drug-likeness (QED) is 0.706. The standard InChI is InChI=1S/C10H13N3O2/c14-7-4-13(5-7)8-3-9(15)12-10(11-8)6-1-2-6/h3,6-7,14H,1-2,4-5H2,(H,11,12,15). The van der Waals surface area contributed by atoms with Gasteiger partial charge in [0.15, 0.2) is 0 Å². The smallest absolute Gasteiger partial charge is 0.252 e. The van der Waals surface area contributed by atoms with E-state index in [-0.39, 0.29) is 11.7 Å². The first kappa shape index (κ1) is 8.91. The molecule has 0 unspecified atom stereocenters. The van der Waals surface area contributed by atoms with Gasteiger partial charge in [-0.05, 0) is 12.8 Å². The first-order valence-electron chi connectivity index (χ1n) is 5.26. The van der Waals surface area contributed by atoms with Gasteiger partial charge in [-0.3, -0.25) is 4.79 Å². The summed E-state index contributed by atoms with van der Waals surface area (Å²) in [4.78, 5) is 20.5. The highest BCUT2D eigenvalue weighted by Crippen LogP contribution is 2.38. The van der Waals surface area contributed by atoms with Crippen LogP contribution >= 0.6 is 0 Å². The molecule has 15 heavy (non-hydrogen) atoms. The Labute approximate surface area is 86.8 Å². The van der Waals surface area contributed by atoms with Gasteiger partial charge in [0.05, 0.1) is 6.10 Å². The fourth-order valence-electron chi connectivity index (χ4n) is 1.82. The molecule has 0 bridgehead atoms. The number of β-amino-alcohol motifs (C(OH)–C–C–N with tert-alkyl or cyclic N) is 1. The van der Waals surface area contributed by atoms with E-state index in [1.807, 2.05) is 4.90 Å². The van der Waals surface area contributed by atoms with Crippen LogP contribution in [-0.2, 0) is 0 Å². The number of aromatic amines is 1. The molecule has 1 aliphatic heterocycles. The molecule has 80 valence electrons. The maximum absolute atomic E-state index is 11.4. The van der Waals surface area contributed by atoms with Crippen molar-refractivity contribution in [1.29, 1.82) is 0 Å². The lowest BCUT2D eigenvalue weighted by Crippen LogP contribution is -2.51. The van der Waals surface area contributed by atoms with Gasteiger partial charge >= 0.3 is 0 Å². The van der Waals surface area contributed by atoms with E-state index < -0.39 is 0 Å². The van der Waals surface area contributed by atoms with Gasteiger partial charge in [0, 0.05) is 25.1 Å². The van der Waals surface area contributed by atoms with Gasteiger partial charge in [-0.25, -0.2) is 4.98 Å². The van der Waals surface area contributed by atoms with Crippen molar-refractivity contribution >= 4 is 5.82 Å². The molecule has 1 aromatic heterocycles. The monoisotopic (exact) mass is 207 g/mol. The normalized spacial score (nSPS) is 21.5. The first-order chi connectivity index (χ1) is 7.22. The van der Waals surface area contributed by atoms with E-state index in [1.54, 1.807) is 0 Å². The molecule has 1 saturated heterocycles. The second kappa shape index (κ2) is 3.06. The van der Waals surface area contributed by atoms with Crippen LogP contribution in [0.4, 0.5) is 5.82 Å². The van der Waals surface area contributed by atoms with E-state index in [4.69, 9.17) is 0 Å². The van der Waals surface area contributed by atoms with E-state index in [1.165, 1.54) is 6.07 Å². The Balaban J connectivity index is 1.90. The summed E-state index contributed by atoms with van der Waals surface area (Å²) >= 11 is 0. The molecule has 5 heteroatoms. The molecule has 0 aromatic carbocycles. The predicted molar refractivity (Wildman–Crippen MR) is 55.1 cm³/mol. The van der Waals surface area contributed by atoms with Crippen molar-refractivity contribution in [2.24, 2.45) is 0 Å². The number of H-pyrrole nitrogens is 1. The largest absolute Gasteiger partial charge is 0.389 e. The Morgan fingerprint density at radius 3 is 2.80 bits per heavy atom. The maximum Gasteiger partial charge on any atom is 0.252 e. The molecule has 2 heterocycles. The summed E-state index contributed by atoms with van der Waals surface area (Å²) in [5.74, 6) is 1.95. The summed E-state index contributed by atoms with van der Waals surface area (Å²) in [6, 6.07) is 1.50. The Morgan fingerprint density at radius 1 is 1.47 bits per heavy atom. The number of anilines is 1. The summed E-state index contributed by atoms with van der Waals surface area (Å²) in [6.07, 6.45) is 1.97. The van der Waals surface area contributed by atoms with E-state index in [2.05, 4.69) is 9.97 Å². The molecule has 2 aliphatic rings. The molecule has 2 fully saturated rings. The Hall–Kier alpha value is -1.36. The highest BCUT2D eigenvalue weighted by atomic mass is 16.3. The number of rotatable bonds is 2. The highest BCUT2D eigenvalue weighted by Gasteiger charge is 2.29. The molecule has 0 amide bonds. The van der Waals surface area contributed by atoms with Crippen molar-refractivity contribution in [3.05, 3.63) is 22.2 Å². The molecular formula is C10H13N3O2. The van der Waals surface area contributed by atoms with Gasteiger partial charge in [0.1, 0.15) is 11.6 Å². The fourth-order valence-corrected chi connectivity index (χ4v) is 1.82. The second-order valence-electron chi connectivity index (χ2n) is 4.32. The Bertz CT molecular complexity index is 433. The van der Waals surface area contributed by atoms with Crippen LogP contribution in [0.15, 0.2) is 10.9 Å². The van der Waals surface area contributed by atoms with Gasteiger partial charge in [-0.1, -0.05) is 0 Å². The van der Waals surface area contributed by atoms with Crippen molar-refractivity contribution in [1.82, 2.24) is 9.97 Å². The minimum Gasteiger partial charge on any atom is -0.389 e. The third-order valence-corrected chi connectivity index (χ3v) is 2.90. The second-order valence-corrected chi connectivity index (χ2v) is 4.32. The zero-order chi connectivity index (χ0) is 10.4. The Morgan fingerprint density at radius 2 is 2.20 bits per heavy atom. The van der Waals surface area contributed by atoms with Gasteiger partial charge in [0.2, 0.25) is 0 Å². The van der Waals surface area contributed by atoms with Crippen molar-refractivity contribution < 1.29 is 5.11 Å². The van der Waals surface area contributed by atoms with Crippen LogP contribution in [0.25, 0.3) is 0 Å². The van der Waals surface area contributed by atoms with Gasteiger partial charge in [-0.15, -0.1) is 0 Å². The highest BCUT2D eigenvalue weighted by molar-refractivity contribution is 5.41. The number of nitrogens with zero attached hydrogens (tertiary/aromatic N) is 2. The first-order valence-corrected chi connectivity index (χ1v) is 5.26. The molecular weight excluding hydrogens is 194 g/mol. The van der Waals surface area contributed by atoms with Crippen molar-refractivity contribution in [2.75, 3.05) is 18.0 Å². The summed E-state index contributed by atoms with van der Waals surface area (Å²) in [5.41, 5.74) is -0.0942. The van der Waals surface area contributed by atoms with Crippen LogP contribution in [0.3, 0.4) is 0 Å². The molecule has 1 saturated carbocycles. The molecule has 5 nitrogen and oxygen atoms in total. The zero-order valence-corrected chi connectivity index (χ0v) is 8.31. The molecule has 3 rings (SSSR count). The predicted octanol–water partition coefficient (Wildman–Crippen LogP) is -0.172. The van der Waals surface area contributed by atoms with Crippen LogP contribution < -0.4 is 10.5 Å². The number of nitrogens with one attached hydrogen (secondary N) is 1. The number of aromatic nitrogens is 2. The molecule has 0 radical (unpaired) electrons. The SMILES string of the molecule is O=c1cc(N2CC(O)C2)nc(C2CC2)[nH]1. The topological polar surface area (TPSA) is 69.2 Å². The molecule has 1 aliphatic carbocycles. The molecule has 0 atom stereocenters. The van der Waals surface area contributed by atoms with Crippen molar-refractivity contribution in [2.45, 2.75) is 24.9 Å². The Kier molecular flexibility index (Phi) is 1.82. The van der Waals surface area contributed by atoms with E-state index in [9.17, 15) is 9.90 Å². The summed E-state index contributed by atoms with van der Waals surface area (Å²) in [5, 5.41) is 9.18. The summed E-state index contributed by atoms with van der Waals surface area (Å²) in [6.45, 7) is 1.17.